The standard InChI is InChI=1S/C29H28NOP/c1-21-17-23(3)28(31-20-24-12-6-4-7-13-24)27(18-21)32-29-22(2)11-10-14-25(29)19-30-26-15-8-5-9-16-26/h4-19,32H,20H2,1-3H3/b30-19+. The fraction of sp³-hybridized carbons (Fsp3) is 0.138. The van der Waals surface area contributed by atoms with Gasteiger partial charge in [0, 0.05) is 17.1 Å². The summed E-state index contributed by atoms with van der Waals surface area (Å²) in [6.07, 6.45) is 1.98. The lowest BCUT2D eigenvalue weighted by Crippen LogP contribution is -2.15. The number of benzene rings is 4. The summed E-state index contributed by atoms with van der Waals surface area (Å²) in [6.45, 7) is 7.03. The number of aryl methyl sites for hydroxylation is 3. The van der Waals surface area contributed by atoms with E-state index in [0.29, 0.717) is 15.2 Å². The number of hydrogen-bond acceptors (Lipinski definition) is 2. The van der Waals surface area contributed by atoms with Crippen LogP contribution in [0.4, 0.5) is 5.69 Å². The highest BCUT2D eigenvalue weighted by Crippen LogP contribution is 2.27. The van der Waals surface area contributed by atoms with Gasteiger partial charge in [0.15, 0.2) is 0 Å². The molecule has 0 N–H and O–H groups in total. The van der Waals surface area contributed by atoms with Gasteiger partial charge in [0.25, 0.3) is 0 Å². The van der Waals surface area contributed by atoms with E-state index in [9.17, 15) is 0 Å². The third kappa shape index (κ3) is 5.52. The van der Waals surface area contributed by atoms with Gasteiger partial charge < -0.3 is 4.74 Å². The highest BCUT2D eigenvalue weighted by Gasteiger charge is 2.13. The van der Waals surface area contributed by atoms with Crippen molar-refractivity contribution in [1.29, 1.82) is 0 Å². The lowest BCUT2D eigenvalue weighted by molar-refractivity contribution is 0.307. The molecule has 1 atom stereocenters. The first kappa shape index (κ1) is 22.0. The number of para-hydroxylation sites is 1. The van der Waals surface area contributed by atoms with E-state index in [-0.39, 0.29) is 0 Å². The highest BCUT2D eigenvalue weighted by molar-refractivity contribution is 7.56. The second-order valence-corrected chi connectivity index (χ2v) is 9.28. The lowest BCUT2D eigenvalue weighted by Gasteiger charge is -2.17. The summed E-state index contributed by atoms with van der Waals surface area (Å²) in [4.78, 5) is 4.70. The highest BCUT2D eigenvalue weighted by atomic mass is 31.1. The van der Waals surface area contributed by atoms with Crippen LogP contribution in [-0.4, -0.2) is 6.21 Å². The van der Waals surface area contributed by atoms with E-state index in [1.807, 2.05) is 42.6 Å². The van der Waals surface area contributed by atoms with E-state index in [2.05, 4.69) is 75.4 Å². The Morgan fingerprint density at radius 3 is 2.25 bits per heavy atom. The number of aliphatic imine (C=N–C) groups is 1. The monoisotopic (exact) mass is 437 g/mol. The average molecular weight is 438 g/mol. The normalized spacial score (nSPS) is 11.5. The molecule has 4 aromatic rings. The molecular formula is C29H28NOP. The quantitative estimate of drug-likeness (QED) is 0.237. The predicted octanol–water partition coefficient (Wildman–Crippen LogP) is 6.57. The fourth-order valence-electron chi connectivity index (χ4n) is 3.73. The molecule has 0 saturated heterocycles. The van der Waals surface area contributed by atoms with Crippen molar-refractivity contribution in [3.8, 4) is 5.75 Å². The smallest absolute Gasteiger partial charge is 0.130 e. The van der Waals surface area contributed by atoms with Gasteiger partial charge in [0.2, 0.25) is 0 Å². The van der Waals surface area contributed by atoms with Gasteiger partial charge >= 0.3 is 0 Å². The second-order valence-electron chi connectivity index (χ2n) is 7.99. The molecular weight excluding hydrogens is 409 g/mol. The van der Waals surface area contributed by atoms with Crippen LogP contribution < -0.4 is 15.3 Å². The first-order chi connectivity index (χ1) is 15.6. The summed E-state index contributed by atoms with van der Waals surface area (Å²) in [5.41, 5.74) is 6.99. The van der Waals surface area contributed by atoms with Gasteiger partial charge in [-0.3, -0.25) is 4.99 Å². The number of ether oxygens (including phenoxy) is 1. The van der Waals surface area contributed by atoms with Crippen LogP contribution in [0, 0.1) is 20.8 Å². The largest absolute Gasteiger partial charge is 0.488 e. The van der Waals surface area contributed by atoms with E-state index >= 15 is 0 Å². The van der Waals surface area contributed by atoms with Gasteiger partial charge in [-0.25, -0.2) is 0 Å². The summed E-state index contributed by atoms with van der Waals surface area (Å²) in [5.74, 6) is 0.993. The Labute approximate surface area is 192 Å². The molecule has 160 valence electrons. The summed E-state index contributed by atoms with van der Waals surface area (Å²) in [5, 5.41) is 2.55. The summed E-state index contributed by atoms with van der Waals surface area (Å²) < 4.78 is 6.36. The summed E-state index contributed by atoms with van der Waals surface area (Å²) in [7, 11) is 0.485. The number of rotatable bonds is 7. The van der Waals surface area contributed by atoms with Crippen molar-refractivity contribution in [2.75, 3.05) is 0 Å². The van der Waals surface area contributed by atoms with Crippen LogP contribution in [0.5, 0.6) is 5.75 Å². The maximum Gasteiger partial charge on any atom is 0.130 e. The Morgan fingerprint density at radius 2 is 1.50 bits per heavy atom. The first-order valence-corrected chi connectivity index (χ1v) is 11.8. The van der Waals surface area contributed by atoms with Crippen molar-refractivity contribution in [2.45, 2.75) is 27.4 Å². The first-order valence-electron chi connectivity index (χ1n) is 10.8. The third-order valence-corrected chi connectivity index (χ3v) is 6.89. The van der Waals surface area contributed by atoms with Crippen LogP contribution in [0.25, 0.3) is 0 Å². The predicted molar refractivity (Wildman–Crippen MR) is 139 cm³/mol. The molecule has 0 saturated carbocycles. The Hall–Kier alpha value is -3.22. The van der Waals surface area contributed by atoms with Gasteiger partial charge in [0.1, 0.15) is 12.4 Å². The molecule has 1 unspecified atom stereocenters. The van der Waals surface area contributed by atoms with Crippen molar-refractivity contribution in [3.63, 3.8) is 0 Å². The molecule has 0 heterocycles. The van der Waals surface area contributed by atoms with E-state index in [1.54, 1.807) is 0 Å². The molecule has 0 aromatic heterocycles. The molecule has 0 fully saturated rings. The molecule has 0 aliphatic heterocycles. The minimum atomic E-state index is 0.485. The molecule has 2 nitrogen and oxygen atoms in total. The van der Waals surface area contributed by atoms with Crippen LogP contribution in [0.2, 0.25) is 0 Å². The molecule has 0 aliphatic rings. The van der Waals surface area contributed by atoms with Gasteiger partial charge in [0.05, 0.1) is 5.69 Å². The van der Waals surface area contributed by atoms with Crippen molar-refractivity contribution in [1.82, 2.24) is 0 Å². The van der Waals surface area contributed by atoms with Crippen LogP contribution in [0.15, 0.2) is 96.0 Å². The van der Waals surface area contributed by atoms with Crippen molar-refractivity contribution in [3.05, 3.63) is 119 Å². The van der Waals surface area contributed by atoms with Gasteiger partial charge in [-0.1, -0.05) is 81.4 Å². The third-order valence-electron chi connectivity index (χ3n) is 5.32. The van der Waals surface area contributed by atoms with E-state index in [1.165, 1.54) is 32.9 Å². The SMILES string of the molecule is Cc1cc(C)c(OCc2ccccc2)c(Pc2c(C)cccc2/C=N/c2ccccc2)c1. The van der Waals surface area contributed by atoms with Crippen LogP contribution in [-0.2, 0) is 6.61 Å². The second kappa shape index (κ2) is 10.4. The Bertz CT molecular complexity index is 1220. The molecule has 3 heteroatoms. The Morgan fingerprint density at radius 1 is 0.781 bits per heavy atom. The molecule has 0 spiro atoms. The van der Waals surface area contributed by atoms with Crippen molar-refractivity contribution >= 4 is 31.1 Å². The number of hydrogen-bond donors (Lipinski definition) is 0. The van der Waals surface area contributed by atoms with Crippen LogP contribution in [0.3, 0.4) is 0 Å². The summed E-state index contributed by atoms with van der Waals surface area (Å²) in [6, 6.07) is 31.3. The number of nitrogens with zero attached hydrogens (tertiary/aromatic N) is 1. The van der Waals surface area contributed by atoms with Gasteiger partial charge in [-0.2, -0.15) is 0 Å². The molecule has 4 aromatic carbocycles. The molecule has 4 rings (SSSR count). The minimum absolute atomic E-state index is 0.485. The summed E-state index contributed by atoms with van der Waals surface area (Å²) >= 11 is 0. The minimum Gasteiger partial charge on any atom is -0.488 e. The van der Waals surface area contributed by atoms with E-state index in [0.717, 1.165) is 17.0 Å². The van der Waals surface area contributed by atoms with Crippen molar-refractivity contribution < 1.29 is 4.74 Å². The zero-order chi connectivity index (χ0) is 22.3. The maximum atomic E-state index is 6.36. The van der Waals surface area contributed by atoms with Crippen molar-refractivity contribution in [2.24, 2.45) is 4.99 Å². The zero-order valence-electron chi connectivity index (χ0n) is 18.8. The molecule has 32 heavy (non-hydrogen) atoms. The average Bonchev–Trinajstić information content (AvgIpc) is 2.80. The Balaban J connectivity index is 1.66. The van der Waals surface area contributed by atoms with E-state index in [4.69, 9.17) is 9.73 Å². The van der Waals surface area contributed by atoms with Crippen LogP contribution >= 0.6 is 8.58 Å². The van der Waals surface area contributed by atoms with Crippen LogP contribution in [0.1, 0.15) is 27.8 Å². The maximum absolute atomic E-state index is 6.36. The molecule has 0 bridgehead atoms. The zero-order valence-corrected chi connectivity index (χ0v) is 19.8. The van der Waals surface area contributed by atoms with E-state index < -0.39 is 0 Å². The molecule has 0 aliphatic carbocycles. The molecule has 0 radical (unpaired) electrons. The Kier molecular flexibility index (Phi) is 7.14. The molecule has 0 amide bonds. The van der Waals surface area contributed by atoms with Gasteiger partial charge in [-0.15, -0.1) is 0 Å². The topological polar surface area (TPSA) is 21.6 Å². The van der Waals surface area contributed by atoms with Gasteiger partial charge in [-0.05, 0) is 66.5 Å². The fourth-order valence-corrected chi connectivity index (χ4v) is 5.25. The lowest BCUT2D eigenvalue weighted by atomic mass is 10.1.